The van der Waals surface area contributed by atoms with Crippen LogP contribution in [0.15, 0.2) is 58.0 Å². The third-order valence-corrected chi connectivity index (χ3v) is 7.50. The maximum Gasteiger partial charge on any atom is 0.0565 e. The van der Waals surface area contributed by atoms with Crippen LogP contribution >= 0.6 is 47.0 Å². The van der Waals surface area contributed by atoms with Crippen molar-refractivity contribution < 1.29 is 0 Å². The molecule has 0 radical (unpaired) electrons. The lowest BCUT2D eigenvalue weighted by Crippen LogP contribution is -2.13. The Morgan fingerprint density at radius 3 is 1.30 bits per heavy atom. The Balaban J connectivity index is 2.10. The number of benzene rings is 2. The van der Waals surface area contributed by atoms with Crippen molar-refractivity contribution in [1.82, 2.24) is 0 Å². The quantitative estimate of drug-likeness (QED) is 0.675. The van der Waals surface area contributed by atoms with Crippen molar-refractivity contribution in [3.05, 3.63) is 68.5 Å². The lowest BCUT2D eigenvalue weighted by molar-refractivity contribution is 1.63. The van der Waals surface area contributed by atoms with Crippen molar-refractivity contribution in [2.45, 2.75) is 0 Å². The Bertz CT molecular complexity index is 769. The minimum atomic E-state index is 1.35. The fourth-order valence-electron chi connectivity index (χ4n) is 2.32. The van der Waals surface area contributed by atoms with Gasteiger partial charge in [-0.25, -0.2) is 0 Å². The summed E-state index contributed by atoms with van der Waals surface area (Å²) < 4.78 is 2.75. The molecule has 0 N–H and O–H groups in total. The van der Waals surface area contributed by atoms with Crippen molar-refractivity contribution >= 4 is 66.3 Å². The van der Waals surface area contributed by atoms with E-state index >= 15 is 0 Å². The van der Waals surface area contributed by atoms with Gasteiger partial charge in [0.15, 0.2) is 0 Å². The molecule has 0 saturated heterocycles. The van der Waals surface area contributed by atoms with Gasteiger partial charge in [0.1, 0.15) is 0 Å². The van der Waals surface area contributed by atoms with Gasteiger partial charge < -0.3 is 0 Å². The smallest absolute Gasteiger partial charge is 0.0565 e. The normalized spacial score (nSPS) is 17.6. The summed E-state index contributed by atoms with van der Waals surface area (Å²) in [4.78, 5) is 0. The molecule has 98 valence electrons. The summed E-state index contributed by atoms with van der Waals surface area (Å²) in [5, 5.41) is 14.0. The van der Waals surface area contributed by atoms with Crippen LogP contribution in [0.3, 0.4) is 0 Å². The summed E-state index contributed by atoms with van der Waals surface area (Å²) in [5.41, 5.74) is 0. The fourth-order valence-corrected chi connectivity index (χ4v) is 6.04. The molecule has 2 aliphatic rings. The Morgan fingerprint density at radius 2 is 0.900 bits per heavy atom. The first-order valence-electron chi connectivity index (χ1n) is 6.16. The maximum absolute atomic E-state index is 2.27. The van der Waals surface area contributed by atoms with Crippen molar-refractivity contribution in [1.29, 1.82) is 0 Å². The largest absolute Gasteiger partial charge is 0.0895 e. The van der Waals surface area contributed by atoms with Crippen molar-refractivity contribution in [3.8, 4) is 0 Å². The van der Waals surface area contributed by atoms with Crippen LogP contribution in [0.25, 0.3) is 19.2 Å². The molecule has 0 amide bonds. The van der Waals surface area contributed by atoms with Gasteiger partial charge in [0.2, 0.25) is 0 Å². The minimum Gasteiger partial charge on any atom is -0.0895 e. The second-order valence-corrected chi connectivity index (χ2v) is 8.48. The predicted octanol–water partition coefficient (Wildman–Crippen LogP) is 4.87. The first-order valence-corrected chi connectivity index (χ1v) is 9.68. The highest BCUT2D eigenvalue weighted by Crippen LogP contribution is 2.39. The molecule has 0 aromatic heterocycles. The van der Waals surface area contributed by atoms with Crippen LogP contribution in [0.4, 0.5) is 0 Å². The van der Waals surface area contributed by atoms with Gasteiger partial charge in [0.25, 0.3) is 0 Å². The molecule has 20 heavy (non-hydrogen) atoms. The van der Waals surface area contributed by atoms with Crippen molar-refractivity contribution in [2.75, 3.05) is 0 Å². The molecule has 0 bridgehead atoms. The van der Waals surface area contributed by atoms with E-state index in [4.69, 9.17) is 0 Å². The predicted molar refractivity (Wildman–Crippen MR) is 98.7 cm³/mol. The molecule has 0 nitrogen and oxygen atoms in total. The SMILES string of the molecule is C1=CSC(=c2ccc(=C3SC=CS3)c3ccccc23)S1. The Kier molecular flexibility index (Phi) is 3.65. The van der Waals surface area contributed by atoms with Gasteiger partial charge in [-0.3, -0.25) is 0 Å². The number of hydrogen-bond donors (Lipinski definition) is 0. The molecule has 2 aliphatic heterocycles. The van der Waals surface area contributed by atoms with Gasteiger partial charge in [-0.05, 0) is 32.4 Å². The fraction of sp³-hybridized carbons (Fsp3) is 0. The van der Waals surface area contributed by atoms with E-state index in [2.05, 4.69) is 58.0 Å². The van der Waals surface area contributed by atoms with Crippen LogP contribution in [0.5, 0.6) is 0 Å². The molecular weight excluding hydrogens is 320 g/mol. The summed E-state index contributed by atoms with van der Waals surface area (Å²) in [6.07, 6.45) is 0. The van der Waals surface area contributed by atoms with E-state index < -0.39 is 0 Å². The third-order valence-electron chi connectivity index (χ3n) is 3.18. The van der Waals surface area contributed by atoms with Crippen LogP contribution in [-0.4, -0.2) is 0 Å². The molecule has 0 saturated carbocycles. The van der Waals surface area contributed by atoms with E-state index in [1.165, 1.54) is 29.7 Å². The van der Waals surface area contributed by atoms with E-state index in [9.17, 15) is 0 Å². The maximum atomic E-state index is 2.27. The molecule has 2 aromatic carbocycles. The highest BCUT2D eigenvalue weighted by Gasteiger charge is 2.09. The molecular formula is C16H10S4. The first-order chi connectivity index (χ1) is 9.93. The van der Waals surface area contributed by atoms with Gasteiger partial charge in [-0.1, -0.05) is 83.4 Å². The minimum absolute atomic E-state index is 1.35. The zero-order valence-corrected chi connectivity index (χ0v) is 13.7. The molecule has 2 heterocycles. The summed E-state index contributed by atoms with van der Waals surface area (Å²) >= 11 is 7.27. The van der Waals surface area contributed by atoms with Gasteiger partial charge >= 0.3 is 0 Å². The average Bonchev–Trinajstić information content (AvgIpc) is 3.19. The van der Waals surface area contributed by atoms with E-state index in [1.54, 1.807) is 0 Å². The average molecular weight is 331 g/mol. The van der Waals surface area contributed by atoms with Crippen LogP contribution in [-0.2, 0) is 0 Å². The second kappa shape index (κ2) is 5.60. The summed E-state index contributed by atoms with van der Waals surface area (Å²) in [6, 6.07) is 13.3. The number of hydrogen-bond acceptors (Lipinski definition) is 4. The van der Waals surface area contributed by atoms with Crippen LogP contribution in [0, 0.1) is 0 Å². The Labute approximate surface area is 134 Å². The third kappa shape index (κ3) is 2.25. The topological polar surface area (TPSA) is 0 Å². The van der Waals surface area contributed by atoms with Gasteiger partial charge in [0.05, 0.1) is 8.47 Å². The number of fused-ring (bicyclic) bond motifs is 1. The molecule has 0 aliphatic carbocycles. The van der Waals surface area contributed by atoms with Crippen LogP contribution < -0.4 is 10.4 Å². The van der Waals surface area contributed by atoms with Crippen molar-refractivity contribution in [3.63, 3.8) is 0 Å². The first kappa shape index (κ1) is 13.0. The molecule has 0 spiro atoms. The number of rotatable bonds is 0. The Hall–Kier alpha value is -0.680. The van der Waals surface area contributed by atoms with E-state index in [-0.39, 0.29) is 0 Å². The zero-order valence-electron chi connectivity index (χ0n) is 10.4. The lowest BCUT2D eigenvalue weighted by atomic mass is 10.1. The summed E-state index contributed by atoms with van der Waals surface area (Å²) in [7, 11) is 0. The van der Waals surface area contributed by atoms with E-state index in [1.807, 2.05) is 47.0 Å². The molecule has 0 atom stereocenters. The zero-order chi connectivity index (χ0) is 13.4. The lowest BCUT2D eigenvalue weighted by Gasteiger charge is -2.04. The van der Waals surface area contributed by atoms with Gasteiger partial charge in [0, 0.05) is 10.4 Å². The second-order valence-electron chi connectivity index (χ2n) is 4.30. The molecule has 4 rings (SSSR count). The van der Waals surface area contributed by atoms with E-state index in [0.29, 0.717) is 0 Å². The Morgan fingerprint density at radius 1 is 0.500 bits per heavy atom. The summed E-state index contributed by atoms with van der Waals surface area (Å²) in [5.74, 6) is 0. The highest BCUT2D eigenvalue weighted by atomic mass is 32.2. The van der Waals surface area contributed by atoms with Crippen LogP contribution in [0.2, 0.25) is 0 Å². The standard InChI is InChI=1S/C16H10S4/c1-2-4-12-11(3-1)13(15-17-7-8-18-15)5-6-14(12)16-19-9-10-20-16/h1-10H. The summed E-state index contributed by atoms with van der Waals surface area (Å²) in [6.45, 7) is 0. The van der Waals surface area contributed by atoms with Gasteiger partial charge in [-0.2, -0.15) is 0 Å². The molecule has 0 fully saturated rings. The molecule has 2 aromatic rings. The molecule has 0 unspecified atom stereocenters. The van der Waals surface area contributed by atoms with Crippen molar-refractivity contribution in [2.24, 2.45) is 0 Å². The molecule has 4 heteroatoms. The van der Waals surface area contributed by atoms with Crippen LogP contribution in [0.1, 0.15) is 0 Å². The highest BCUT2D eigenvalue weighted by molar-refractivity contribution is 8.35. The number of thioether (sulfide) groups is 4. The van der Waals surface area contributed by atoms with E-state index in [0.717, 1.165) is 0 Å². The van der Waals surface area contributed by atoms with Gasteiger partial charge in [-0.15, -0.1) is 0 Å². The monoisotopic (exact) mass is 330 g/mol.